The van der Waals surface area contributed by atoms with E-state index in [1.807, 2.05) is 0 Å². The van der Waals surface area contributed by atoms with Gasteiger partial charge >= 0.3 is 0 Å². The molecule has 5 nitrogen and oxygen atoms in total. The van der Waals surface area contributed by atoms with Crippen LogP contribution in [0.1, 0.15) is 13.3 Å². The van der Waals surface area contributed by atoms with Crippen molar-refractivity contribution >= 4 is 15.7 Å². The summed E-state index contributed by atoms with van der Waals surface area (Å²) in [5.74, 6) is 0.0449. The van der Waals surface area contributed by atoms with Gasteiger partial charge in [-0.1, -0.05) is 0 Å². The molecule has 0 aromatic heterocycles. The quantitative estimate of drug-likeness (QED) is 0.694. The van der Waals surface area contributed by atoms with Crippen molar-refractivity contribution in [3.8, 4) is 0 Å². The molecule has 0 bridgehead atoms. The summed E-state index contributed by atoms with van der Waals surface area (Å²) < 4.78 is 22.2. The zero-order valence-electron chi connectivity index (χ0n) is 9.36. The Morgan fingerprint density at radius 2 is 2.20 bits per heavy atom. The molecule has 2 unspecified atom stereocenters. The van der Waals surface area contributed by atoms with Gasteiger partial charge < -0.3 is 10.2 Å². The summed E-state index contributed by atoms with van der Waals surface area (Å²) in [5, 5.41) is 2.92. The fraction of sp³-hybridized carbons (Fsp3) is 0.889. The van der Waals surface area contributed by atoms with Crippen LogP contribution in [0.3, 0.4) is 0 Å². The molecule has 0 radical (unpaired) electrons. The van der Waals surface area contributed by atoms with E-state index in [1.165, 1.54) is 6.26 Å². The molecule has 1 rings (SSSR count). The fourth-order valence-electron chi connectivity index (χ4n) is 1.94. The predicted octanol–water partition coefficient (Wildman–Crippen LogP) is -0.760. The first kappa shape index (κ1) is 12.4. The number of likely N-dealkylation sites (tertiary alicyclic amines) is 1. The number of hydrogen-bond donors (Lipinski definition) is 1. The lowest BCUT2D eigenvalue weighted by Crippen LogP contribution is -2.43. The maximum absolute atomic E-state index is 11.7. The average Bonchev–Trinajstić information content (AvgIpc) is 2.43. The van der Waals surface area contributed by atoms with E-state index in [-0.39, 0.29) is 23.7 Å². The summed E-state index contributed by atoms with van der Waals surface area (Å²) in [6.45, 7) is 2.41. The minimum absolute atomic E-state index is 0.00801. The molecule has 0 saturated carbocycles. The van der Waals surface area contributed by atoms with Gasteiger partial charge in [-0.15, -0.1) is 0 Å². The Labute approximate surface area is 90.7 Å². The Morgan fingerprint density at radius 3 is 2.60 bits per heavy atom. The number of hydrogen-bond acceptors (Lipinski definition) is 4. The second kappa shape index (κ2) is 4.49. The number of amides is 1. The summed E-state index contributed by atoms with van der Waals surface area (Å²) in [7, 11) is -1.28. The number of nitrogens with zero attached hydrogens (tertiary/aromatic N) is 1. The van der Waals surface area contributed by atoms with Crippen LogP contribution in [0.15, 0.2) is 0 Å². The highest BCUT2D eigenvalue weighted by molar-refractivity contribution is 7.90. The molecule has 0 spiro atoms. The minimum atomic E-state index is -3.02. The van der Waals surface area contributed by atoms with Gasteiger partial charge in [-0.3, -0.25) is 4.79 Å². The van der Waals surface area contributed by atoms with Crippen molar-refractivity contribution in [3.05, 3.63) is 0 Å². The maximum atomic E-state index is 11.7. The molecule has 88 valence electrons. The van der Waals surface area contributed by atoms with Crippen molar-refractivity contribution < 1.29 is 13.2 Å². The third-order valence-corrected chi connectivity index (χ3v) is 3.75. The molecule has 15 heavy (non-hydrogen) atoms. The lowest BCUT2D eigenvalue weighted by atomic mass is 10.2. The van der Waals surface area contributed by atoms with Gasteiger partial charge in [0.15, 0.2) is 0 Å². The zero-order valence-corrected chi connectivity index (χ0v) is 10.2. The molecule has 1 aliphatic rings. The number of carbonyl (C=O) groups excluding carboxylic acids is 1. The number of rotatable bonds is 4. The lowest BCUT2D eigenvalue weighted by molar-refractivity contribution is -0.130. The summed E-state index contributed by atoms with van der Waals surface area (Å²) in [6.07, 6.45) is 1.95. The van der Waals surface area contributed by atoms with E-state index in [0.29, 0.717) is 6.54 Å². The number of sulfone groups is 1. The molecular weight excluding hydrogens is 216 g/mol. The van der Waals surface area contributed by atoms with Crippen LogP contribution in [0.2, 0.25) is 0 Å². The predicted molar refractivity (Wildman–Crippen MR) is 58.4 cm³/mol. The number of carbonyl (C=O) groups is 1. The van der Waals surface area contributed by atoms with Crippen LogP contribution in [-0.4, -0.2) is 56.9 Å². The average molecular weight is 234 g/mol. The fourth-order valence-corrected chi connectivity index (χ4v) is 2.99. The first-order valence-corrected chi connectivity index (χ1v) is 7.06. The van der Waals surface area contributed by atoms with Crippen molar-refractivity contribution in [2.45, 2.75) is 25.4 Å². The molecule has 0 aromatic carbocycles. The van der Waals surface area contributed by atoms with Gasteiger partial charge in [0.1, 0.15) is 9.84 Å². The van der Waals surface area contributed by atoms with Gasteiger partial charge in [-0.05, 0) is 20.4 Å². The highest BCUT2D eigenvalue weighted by Crippen LogP contribution is 2.15. The van der Waals surface area contributed by atoms with Crippen LogP contribution in [0, 0.1) is 0 Å². The van der Waals surface area contributed by atoms with E-state index in [0.717, 1.165) is 6.42 Å². The van der Waals surface area contributed by atoms with E-state index in [2.05, 4.69) is 5.32 Å². The minimum Gasteiger partial charge on any atom is -0.338 e. The molecule has 2 atom stereocenters. The molecule has 1 heterocycles. The second-order valence-electron chi connectivity index (χ2n) is 4.10. The monoisotopic (exact) mass is 234 g/mol. The van der Waals surface area contributed by atoms with Crippen LogP contribution in [0.5, 0.6) is 0 Å². The molecule has 1 N–H and O–H groups in total. The largest absolute Gasteiger partial charge is 0.338 e. The molecule has 0 aromatic rings. The molecule has 1 amide bonds. The maximum Gasteiger partial charge on any atom is 0.240 e. The van der Waals surface area contributed by atoms with Crippen molar-refractivity contribution in [2.75, 3.05) is 25.6 Å². The van der Waals surface area contributed by atoms with Crippen molar-refractivity contribution in [1.82, 2.24) is 10.2 Å². The van der Waals surface area contributed by atoms with E-state index in [4.69, 9.17) is 0 Å². The highest BCUT2D eigenvalue weighted by atomic mass is 32.2. The smallest absolute Gasteiger partial charge is 0.240 e. The van der Waals surface area contributed by atoms with Crippen LogP contribution >= 0.6 is 0 Å². The SMILES string of the molecule is CNC1CCN(C(C)CS(C)(=O)=O)C1=O. The summed E-state index contributed by atoms with van der Waals surface area (Å²) >= 11 is 0. The van der Waals surface area contributed by atoms with E-state index < -0.39 is 9.84 Å². The molecule has 1 fully saturated rings. The first-order valence-electron chi connectivity index (χ1n) is 5.00. The molecule has 0 aliphatic carbocycles. The van der Waals surface area contributed by atoms with Gasteiger partial charge in [0, 0.05) is 18.8 Å². The third-order valence-electron chi connectivity index (χ3n) is 2.66. The Kier molecular flexibility index (Phi) is 3.72. The van der Waals surface area contributed by atoms with Gasteiger partial charge in [0.25, 0.3) is 0 Å². The third kappa shape index (κ3) is 3.17. The Morgan fingerprint density at radius 1 is 1.60 bits per heavy atom. The molecular formula is C9H18N2O3S. The van der Waals surface area contributed by atoms with Crippen molar-refractivity contribution in [3.63, 3.8) is 0 Å². The van der Waals surface area contributed by atoms with Gasteiger partial charge in [-0.25, -0.2) is 8.42 Å². The number of likely N-dealkylation sites (N-methyl/N-ethyl adjacent to an activating group) is 1. The normalized spacial score (nSPS) is 24.6. The first-order chi connectivity index (χ1) is 6.85. The van der Waals surface area contributed by atoms with Crippen molar-refractivity contribution in [2.24, 2.45) is 0 Å². The summed E-state index contributed by atoms with van der Waals surface area (Å²) in [6, 6.07) is -0.377. The van der Waals surface area contributed by atoms with Gasteiger partial charge in [-0.2, -0.15) is 0 Å². The standard InChI is InChI=1S/C9H18N2O3S/c1-7(6-15(3,13)14)11-5-4-8(10-2)9(11)12/h7-8,10H,4-6H2,1-3H3. The zero-order chi connectivity index (χ0) is 11.6. The van der Waals surface area contributed by atoms with Gasteiger partial charge in [0.05, 0.1) is 11.8 Å². The van der Waals surface area contributed by atoms with Crippen LogP contribution in [0.25, 0.3) is 0 Å². The van der Waals surface area contributed by atoms with E-state index in [1.54, 1.807) is 18.9 Å². The topological polar surface area (TPSA) is 66.5 Å². The second-order valence-corrected chi connectivity index (χ2v) is 6.29. The molecule has 1 aliphatic heterocycles. The van der Waals surface area contributed by atoms with E-state index in [9.17, 15) is 13.2 Å². The highest BCUT2D eigenvalue weighted by Gasteiger charge is 2.34. The van der Waals surface area contributed by atoms with Crippen molar-refractivity contribution in [1.29, 1.82) is 0 Å². The molecule has 6 heteroatoms. The van der Waals surface area contributed by atoms with Crippen LogP contribution in [-0.2, 0) is 14.6 Å². The number of nitrogens with one attached hydrogen (secondary N) is 1. The Hall–Kier alpha value is -0.620. The Bertz CT molecular complexity index is 339. The van der Waals surface area contributed by atoms with Gasteiger partial charge in [0.2, 0.25) is 5.91 Å². The summed E-state index contributed by atoms with van der Waals surface area (Å²) in [4.78, 5) is 13.4. The van der Waals surface area contributed by atoms with E-state index >= 15 is 0 Å². The lowest BCUT2D eigenvalue weighted by Gasteiger charge is -2.23. The summed E-state index contributed by atoms with van der Waals surface area (Å²) in [5.41, 5.74) is 0. The molecule has 1 saturated heterocycles. The van der Waals surface area contributed by atoms with Crippen LogP contribution < -0.4 is 5.32 Å². The van der Waals surface area contributed by atoms with Crippen LogP contribution in [0.4, 0.5) is 0 Å². The Balaban J connectivity index is 2.63.